The van der Waals surface area contributed by atoms with Gasteiger partial charge in [0.1, 0.15) is 11.5 Å². The lowest BCUT2D eigenvalue weighted by Crippen LogP contribution is -2.30. The molecule has 2 aromatic carbocycles. The standard InChI is InChI=1S/C15H14BrNO3/c1-10(20-14-8-2-11(16)3-9-14)15(19)17-12-4-6-13(18)7-5-12/h2-10,18H,1H3,(H,17,19). The third kappa shape index (κ3) is 3.99. The fraction of sp³-hybridized carbons (Fsp3) is 0.133. The SMILES string of the molecule is CC(Oc1ccc(Br)cc1)C(=O)Nc1ccc(O)cc1. The Hall–Kier alpha value is -2.01. The number of carbonyl (C=O) groups excluding carboxylic acids is 1. The molecule has 5 heteroatoms. The van der Waals surface area contributed by atoms with E-state index in [4.69, 9.17) is 4.74 Å². The number of benzene rings is 2. The summed E-state index contributed by atoms with van der Waals surface area (Å²) in [6, 6.07) is 13.5. The molecule has 0 radical (unpaired) electrons. The van der Waals surface area contributed by atoms with Crippen molar-refractivity contribution in [1.29, 1.82) is 0 Å². The number of hydrogen-bond donors (Lipinski definition) is 2. The summed E-state index contributed by atoms with van der Waals surface area (Å²) in [4.78, 5) is 12.0. The lowest BCUT2D eigenvalue weighted by molar-refractivity contribution is -0.122. The summed E-state index contributed by atoms with van der Waals surface area (Å²) in [7, 11) is 0. The van der Waals surface area contributed by atoms with Crippen molar-refractivity contribution >= 4 is 27.5 Å². The van der Waals surface area contributed by atoms with Crippen molar-refractivity contribution in [3.8, 4) is 11.5 Å². The van der Waals surface area contributed by atoms with Crippen LogP contribution in [0.5, 0.6) is 11.5 Å². The highest BCUT2D eigenvalue weighted by Crippen LogP contribution is 2.18. The molecule has 0 heterocycles. The highest BCUT2D eigenvalue weighted by molar-refractivity contribution is 9.10. The van der Waals surface area contributed by atoms with Gasteiger partial charge in [-0.1, -0.05) is 15.9 Å². The molecule has 0 saturated heterocycles. The molecular formula is C15H14BrNO3. The van der Waals surface area contributed by atoms with Gasteiger partial charge in [-0.05, 0) is 55.5 Å². The van der Waals surface area contributed by atoms with Gasteiger partial charge in [0.2, 0.25) is 0 Å². The number of amides is 1. The van der Waals surface area contributed by atoms with E-state index in [0.717, 1.165) is 4.47 Å². The first-order chi connectivity index (χ1) is 9.54. The highest BCUT2D eigenvalue weighted by Gasteiger charge is 2.14. The second-order valence-corrected chi connectivity index (χ2v) is 5.17. The van der Waals surface area contributed by atoms with Gasteiger partial charge >= 0.3 is 0 Å². The summed E-state index contributed by atoms with van der Waals surface area (Å²) >= 11 is 3.34. The van der Waals surface area contributed by atoms with Crippen LogP contribution in [0, 0.1) is 0 Å². The lowest BCUT2D eigenvalue weighted by atomic mass is 10.3. The fourth-order valence-corrected chi connectivity index (χ4v) is 1.82. The molecule has 0 fully saturated rings. The number of rotatable bonds is 4. The topological polar surface area (TPSA) is 58.6 Å². The van der Waals surface area contributed by atoms with E-state index in [2.05, 4.69) is 21.2 Å². The first-order valence-electron chi connectivity index (χ1n) is 6.07. The predicted molar refractivity (Wildman–Crippen MR) is 81.0 cm³/mol. The third-order valence-corrected chi connectivity index (χ3v) is 3.16. The van der Waals surface area contributed by atoms with Crippen LogP contribution in [0.15, 0.2) is 53.0 Å². The molecule has 4 nitrogen and oxygen atoms in total. The molecule has 0 aliphatic carbocycles. The Morgan fingerprint density at radius 3 is 2.35 bits per heavy atom. The van der Waals surface area contributed by atoms with Gasteiger partial charge in [0.25, 0.3) is 5.91 Å². The summed E-state index contributed by atoms with van der Waals surface area (Å²) in [5, 5.41) is 11.9. The summed E-state index contributed by atoms with van der Waals surface area (Å²) in [5.41, 5.74) is 0.610. The smallest absolute Gasteiger partial charge is 0.265 e. The summed E-state index contributed by atoms with van der Waals surface area (Å²) < 4.78 is 6.49. The lowest BCUT2D eigenvalue weighted by Gasteiger charge is -2.14. The zero-order chi connectivity index (χ0) is 14.5. The second-order valence-electron chi connectivity index (χ2n) is 4.25. The Bertz CT molecular complexity index is 581. The van der Waals surface area contributed by atoms with E-state index in [-0.39, 0.29) is 11.7 Å². The Labute approximate surface area is 125 Å². The van der Waals surface area contributed by atoms with Crippen LogP contribution < -0.4 is 10.1 Å². The molecule has 0 saturated carbocycles. The van der Waals surface area contributed by atoms with E-state index in [1.165, 1.54) is 12.1 Å². The van der Waals surface area contributed by atoms with Crippen LogP contribution in [0.2, 0.25) is 0 Å². The average Bonchev–Trinajstić information content (AvgIpc) is 2.44. The maximum atomic E-state index is 12.0. The molecule has 1 unspecified atom stereocenters. The number of aromatic hydroxyl groups is 1. The van der Waals surface area contributed by atoms with E-state index in [0.29, 0.717) is 11.4 Å². The van der Waals surface area contributed by atoms with E-state index in [1.54, 1.807) is 31.2 Å². The average molecular weight is 336 g/mol. The monoisotopic (exact) mass is 335 g/mol. The largest absolute Gasteiger partial charge is 0.508 e. The van der Waals surface area contributed by atoms with Crippen molar-refractivity contribution in [2.45, 2.75) is 13.0 Å². The summed E-state index contributed by atoms with van der Waals surface area (Å²) in [5.74, 6) is 0.530. The van der Waals surface area contributed by atoms with Crippen LogP contribution in [0.3, 0.4) is 0 Å². The number of carbonyl (C=O) groups is 1. The molecular weight excluding hydrogens is 322 g/mol. The third-order valence-electron chi connectivity index (χ3n) is 2.63. The van der Waals surface area contributed by atoms with Gasteiger partial charge < -0.3 is 15.2 Å². The van der Waals surface area contributed by atoms with Gasteiger partial charge in [0.05, 0.1) is 0 Å². The van der Waals surface area contributed by atoms with Crippen molar-refractivity contribution in [2.75, 3.05) is 5.32 Å². The molecule has 1 amide bonds. The highest BCUT2D eigenvalue weighted by atomic mass is 79.9. The number of anilines is 1. The minimum absolute atomic E-state index is 0.155. The van der Waals surface area contributed by atoms with Gasteiger partial charge in [-0.2, -0.15) is 0 Å². The maximum absolute atomic E-state index is 12.0. The Balaban J connectivity index is 1.94. The van der Waals surface area contributed by atoms with Crippen LogP contribution in [0.25, 0.3) is 0 Å². The molecule has 20 heavy (non-hydrogen) atoms. The first kappa shape index (κ1) is 14.4. The maximum Gasteiger partial charge on any atom is 0.265 e. The molecule has 0 bridgehead atoms. The van der Waals surface area contributed by atoms with Gasteiger partial charge in [0, 0.05) is 10.2 Å². The van der Waals surface area contributed by atoms with Gasteiger partial charge in [-0.3, -0.25) is 4.79 Å². The molecule has 104 valence electrons. The van der Waals surface area contributed by atoms with Gasteiger partial charge in [-0.25, -0.2) is 0 Å². The van der Waals surface area contributed by atoms with Crippen molar-refractivity contribution in [3.05, 3.63) is 53.0 Å². The Kier molecular flexibility index (Phi) is 4.63. The van der Waals surface area contributed by atoms with Crippen molar-refractivity contribution < 1.29 is 14.6 Å². The van der Waals surface area contributed by atoms with Crippen LogP contribution >= 0.6 is 15.9 Å². The van der Waals surface area contributed by atoms with Crippen molar-refractivity contribution in [1.82, 2.24) is 0 Å². The fourth-order valence-electron chi connectivity index (χ4n) is 1.56. The molecule has 0 aliphatic heterocycles. The molecule has 2 N–H and O–H groups in total. The van der Waals surface area contributed by atoms with Gasteiger partial charge in [-0.15, -0.1) is 0 Å². The van der Waals surface area contributed by atoms with Crippen LogP contribution in [0.4, 0.5) is 5.69 Å². The van der Waals surface area contributed by atoms with Crippen LogP contribution in [-0.2, 0) is 4.79 Å². The molecule has 2 rings (SSSR count). The molecule has 2 aromatic rings. The second kappa shape index (κ2) is 6.43. The molecule has 1 atom stereocenters. The number of halogens is 1. The normalized spacial score (nSPS) is 11.7. The minimum atomic E-state index is -0.620. The van der Waals surface area contributed by atoms with Crippen molar-refractivity contribution in [2.24, 2.45) is 0 Å². The van der Waals surface area contributed by atoms with Crippen LogP contribution in [-0.4, -0.2) is 17.1 Å². The van der Waals surface area contributed by atoms with E-state index in [9.17, 15) is 9.90 Å². The van der Waals surface area contributed by atoms with E-state index < -0.39 is 6.10 Å². The Morgan fingerprint density at radius 2 is 1.75 bits per heavy atom. The number of phenols is 1. The van der Waals surface area contributed by atoms with E-state index >= 15 is 0 Å². The zero-order valence-electron chi connectivity index (χ0n) is 10.8. The number of hydrogen-bond acceptors (Lipinski definition) is 3. The minimum Gasteiger partial charge on any atom is -0.508 e. The Morgan fingerprint density at radius 1 is 1.15 bits per heavy atom. The van der Waals surface area contributed by atoms with E-state index in [1.807, 2.05) is 12.1 Å². The number of ether oxygens (including phenoxy) is 1. The first-order valence-corrected chi connectivity index (χ1v) is 6.86. The molecule has 0 spiro atoms. The summed E-state index contributed by atoms with van der Waals surface area (Å²) in [6.07, 6.45) is -0.620. The van der Waals surface area contributed by atoms with Crippen LogP contribution in [0.1, 0.15) is 6.92 Å². The quantitative estimate of drug-likeness (QED) is 0.840. The molecule has 0 aromatic heterocycles. The molecule has 0 aliphatic rings. The van der Waals surface area contributed by atoms with Crippen molar-refractivity contribution in [3.63, 3.8) is 0 Å². The zero-order valence-corrected chi connectivity index (χ0v) is 12.4. The summed E-state index contributed by atoms with van der Waals surface area (Å²) in [6.45, 7) is 1.68. The number of nitrogens with one attached hydrogen (secondary N) is 1. The number of phenolic OH excluding ortho intramolecular Hbond substituents is 1. The van der Waals surface area contributed by atoms with Gasteiger partial charge in [0.15, 0.2) is 6.10 Å². The predicted octanol–water partition coefficient (Wildman–Crippen LogP) is 3.56.